The van der Waals surface area contributed by atoms with Crippen molar-refractivity contribution in [1.82, 2.24) is 14.5 Å². The van der Waals surface area contributed by atoms with Crippen molar-refractivity contribution in [2.45, 2.75) is 4.90 Å². The number of hydrogen-bond acceptors (Lipinski definition) is 4. The van der Waals surface area contributed by atoms with E-state index in [1.54, 1.807) is 0 Å². The molecule has 1 heterocycles. The minimum absolute atomic E-state index is 0.0506. The molecule has 2 aromatic rings. The lowest BCUT2D eigenvalue weighted by atomic mass is 10.2. The number of carbonyl (C=O) groups excluding carboxylic acids is 1. The first kappa shape index (κ1) is 13.8. The van der Waals surface area contributed by atoms with Crippen molar-refractivity contribution in [2.24, 2.45) is 0 Å². The van der Waals surface area contributed by atoms with Crippen LogP contribution in [0.15, 0.2) is 47.6 Å². The first-order valence-electron chi connectivity index (χ1n) is 5.62. The van der Waals surface area contributed by atoms with E-state index in [-0.39, 0.29) is 17.3 Å². The normalized spacial score (nSPS) is 10.8. The SMILES string of the molecule is C#CCNC(=O)c1ccc(S(=O)(=O)n2cccn2)cc1. The molecule has 20 heavy (non-hydrogen) atoms. The lowest BCUT2D eigenvalue weighted by molar-refractivity contribution is 0.0958. The molecule has 1 amide bonds. The van der Waals surface area contributed by atoms with Crippen molar-refractivity contribution < 1.29 is 13.2 Å². The Balaban J connectivity index is 2.25. The van der Waals surface area contributed by atoms with Gasteiger partial charge in [-0.05, 0) is 30.3 Å². The van der Waals surface area contributed by atoms with Gasteiger partial charge in [-0.1, -0.05) is 5.92 Å². The maximum absolute atomic E-state index is 12.1. The van der Waals surface area contributed by atoms with Gasteiger partial charge in [0.05, 0.1) is 17.6 Å². The number of aromatic nitrogens is 2. The molecule has 1 aromatic heterocycles. The Morgan fingerprint density at radius 3 is 2.60 bits per heavy atom. The molecular weight excluding hydrogens is 278 g/mol. The Hall–Kier alpha value is -2.59. The van der Waals surface area contributed by atoms with Crippen LogP contribution in [0.1, 0.15) is 10.4 Å². The molecule has 0 saturated heterocycles. The molecule has 1 N–H and O–H groups in total. The van der Waals surface area contributed by atoms with Crippen LogP contribution in [-0.2, 0) is 10.0 Å². The smallest absolute Gasteiger partial charge is 0.282 e. The first-order chi connectivity index (χ1) is 9.55. The zero-order chi connectivity index (χ0) is 14.6. The van der Waals surface area contributed by atoms with Gasteiger partial charge in [-0.3, -0.25) is 4.79 Å². The molecule has 0 radical (unpaired) electrons. The van der Waals surface area contributed by atoms with Gasteiger partial charge < -0.3 is 5.32 Å². The van der Waals surface area contributed by atoms with Gasteiger partial charge in [0, 0.05) is 11.8 Å². The Bertz CT molecular complexity index is 741. The van der Waals surface area contributed by atoms with Crippen molar-refractivity contribution >= 4 is 15.9 Å². The highest BCUT2D eigenvalue weighted by molar-refractivity contribution is 7.89. The third kappa shape index (κ3) is 2.70. The number of benzene rings is 1. The van der Waals surface area contributed by atoms with Crippen molar-refractivity contribution in [3.8, 4) is 12.3 Å². The van der Waals surface area contributed by atoms with Crippen LogP contribution in [-0.4, -0.2) is 30.1 Å². The van der Waals surface area contributed by atoms with Gasteiger partial charge in [-0.25, -0.2) is 0 Å². The predicted octanol–water partition coefficient (Wildman–Crippen LogP) is 0.483. The first-order valence-corrected chi connectivity index (χ1v) is 7.06. The van der Waals surface area contributed by atoms with Crippen molar-refractivity contribution in [3.63, 3.8) is 0 Å². The van der Waals surface area contributed by atoms with Crippen LogP contribution in [0.25, 0.3) is 0 Å². The summed E-state index contributed by atoms with van der Waals surface area (Å²) in [6.07, 6.45) is 7.75. The number of rotatable bonds is 4. The monoisotopic (exact) mass is 289 g/mol. The van der Waals surface area contributed by atoms with Crippen LogP contribution in [0, 0.1) is 12.3 Å². The van der Waals surface area contributed by atoms with Crippen molar-refractivity contribution in [3.05, 3.63) is 48.3 Å². The molecule has 0 saturated carbocycles. The molecule has 102 valence electrons. The maximum atomic E-state index is 12.1. The van der Waals surface area contributed by atoms with Crippen LogP contribution >= 0.6 is 0 Å². The summed E-state index contributed by atoms with van der Waals surface area (Å²) in [5.74, 6) is 1.93. The third-order valence-electron chi connectivity index (χ3n) is 2.49. The van der Waals surface area contributed by atoms with E-state index in [1.165, 1.54) is 42.7 Å². The Morgan fingerprint density at radius 2 is 2.05 bits per heavy atom. The average molecular weight is 289 g/mol. The summed E-state index contributed by atoms with van der Waals surface area (Å²) in [5.41, 5.74) is 0.333. The number of nitrogens with one attached hydrogen (secondary N) is 1. The zero-order valence-electron chi connectivity index (χ0n) is 10.4. The van der Waals surface area contributed by atoms with Crippen molar-refractivity contribution in [2.75, 3.05) is 6.54 Å². The Kier molecular flexibility index (Phi) is 3.86. The summed E-state index contributed by atoms with van der Waals surface area (Å²) >= 11 is 0. The second kappa shape index (κ2) is 5.59. The topological polar surface area (TPSA) is 81.1 Å². The third-order valence-corrected chi connectivity index (χ3v) is 4.07. The highest BCUT2D eigenvalue weighted by Gasteiger charge is 2.17. The van der Waals surface area contributed by atoms with E-state index in [9.17, 15) is 13.2 Å². The molecule has 2 rings (SSSR count). The second-order valence-electron chi connectivity index (χ2n) is 3.79. The number of nitrogens with zero attached hydrogens (tertiary/aromatic N) is 2. The van der Waals surface area contributed by atoms with Gasteiger partial charge in [-0.2, -0.15) is 17.6 Å². The Morgan fingerprint density at radius 1 is 1.35 bits per heavy atom. The number of terminal acetylenes is 1. The molecule has 0 aliphatic rings. The largest absolute Gasteiger partial charge is 0.341 e. The minimum atomic E-state index is -3.71. The summed E-state index contributed by atoms with van der Waals surface area (Å²) in [5, 5.41) is 6.18. The molecule has 0 atom stereocenters. The number of hydrogen-bond donors (Lipinski definition) is 1. The fourth-order valence-corrected chi connectivity index (χ4v) is 2.62. The lowest BCUT2D eigenvalue weighted by Gasteiger charge is -2.05. The highest BCUT2D eigenvalue weighted by atomic mass is 32.2. The summed E-state index contributed by atoms with van der Waals surface area (Å²) in [7, 11) is -3.71. The van der Waals surface area contributed by atoms with E-state index in [0.717, 1.165) is 4.09 Å². The van der Waals surface area contributed by atoms with Gasteiger partial charge >= 0.3 is 0 Å². The predicted molar refractivity (Wildman–Crippen MR) is 72.4 cm³/mol. The van der Waals surface area contributed by atoms with Crippen LogP contribution < -0.4 is 5.32 Å². The second-order valence-corrected chi connectivity index (χ2v) is 5.59. The van der Waals surface area contributed by atoms with Crippen LogP contribution in [0.2, 0.25) is 0 Å². The molecule has 0 unspecified atom stereocenters. The van der Waals surface area contributed by atoms with E-state index < -0.39 is 10.0 Å². The van der Waals surface area contributed by atoms with E-state index in [2.05, 4.69) is 16.3 Å². The fraction of sp³-hybridized carbons (Fsp3) is 0.0769. The molecule has 0 aliphatic heterocycles. The molecule has 7 heteroatoms. The number of amides is 1. The van der Waals surface area contributed by atoms with Gasteiger partial charge in [-0.15, -0.1) is 6.42 Å². The van der Waals surface area contributed by atoms with E-state index in [4.69, 9.17) is 6.42 Å². The Labute approximate surface area is 116 Å². The highest BCUT2D eigenvalue weighted by Crippen LogP contribution is 2.13. The minimum Gasteiger partial charge on any atom is -0.341 e. The van der Waals surface area contributed by atoms with Crippen molar-refractivity contribution in [1.29, 1.82) is 0 Å². The average Bonchev–Trinajstić information content (AvgIpc) is 3.00. The molecule has 0 aliphatic carbocycles. The molecule has 1 aromatic carbocycles. The molecule has 0 bridgehead atoms. The number of carbonyl (C=O) groups is 1. The van der Waals surface area contributed by atoms with E-state index in [1.807, 2.05) is 0 Å². The summed E-state index contributed by atoms with van der Waals surface area (Å²) < 4.78 is 25.1. The fourth-order valence-electron chi connectivity index (χ4n) is 1.52. The molecule has 0 spiro atoms. The van der Waals surface area contributed by atoms with E-state index >= 15 is 0 Å². The van der Waals surface area contributed by atoms with Gasteiger partial charge in [0.1, 0.15) is 0 Å². The molecule has 0 fully saturated rings. The van der Waals surface area contributed by atoms with Gasteiger partial charge in [0.15, 0.2) is 0 Å². The zero-order valence-corrected chi connectivity index (χ0v) is 11.2. The standard InChI is InChI=1S/C13H11N3O3S/c1-2-8-14-13(17)11-4-6-12(7-5-11)20(18,19)16-10-3-9-15-16/h1,3-7,9-10H,8H2,(H,14,17). The molecular formula is C13H11N3O3S. The summed E-state index contributed by atoms with van der Waals surface area (Å²) in [6.45, 7) is 0.117. The van der Waals surface area contributed by atoms with Gasteiger partial charge in [0.25, 0.3) is 15.9 Å². The van der Waals surface area contributed by atoms with Crippen LogP contribution in [0.5, 0.6) is 0 Å². The summed E-state index contributed by atoms with van der Waals surface area (Å²) in [4.78, 5) is 11.7. The van der Waals surface area contributed by atoms with Crippen LogP contribution in [0.3, 0.4) is 0 Å². The maximum Gasteiger partial charge on any atom is 0.282 e. The molecule has 6 nitrogen and oxygen atoms in total. The van der Waals surface area contributed by atoms with Crippen LogP contribution in [0.4, 0.5) is 0 Å². The van der Waals surface area contributed by atoms with Gasteiger partial charge in [0.2, 0.25) is 0 Å². The lowest BCUT2D eigenvalue weighted by Crippen LogP contribution is -2.23. The summed E-state index contributed by atoms with van der Waals surface area (Å²) in [6, 6.07) is 7.05. The quantitative estimate of drug-likeness (QED) is 0.830. The van der Waals surface area contributed by atoms with E-state index in [0.29, 0.717) is 5.56 Å².